The molecule has 2 fully saturated rings. The summed E-state index contributed by atoms with van der Waals surface area (Å²) in [6.45, 7) is 6.37. The molecule has 2 aromatic carbocycles. The molecule has 1 aliphatic carbocycles. The van der Waals surface area contributed by atoms with Crippen molar-refractivity contribution in [2.24, 2.45) is 5.92 Å². The van der Waals surface area contributed by atoms with Gasteiger partial charge in [0.05, 0.1) is 35.7 Å². The molecule has 1 aliphatic heterocycles. The van der Waals surface area contributed by atoms with Crippen LogP contribution in [-0.2, 0) is 14.8 Å². The number of benzene rings is 2. The molecule has 11 heteroatoms. The summed E-state index contributed by atoms with van der Waals surface area (Å²) in [5, 5.41) is 6.44. The van der Waals surface area contributed by atoms with Crippen LogP contribution in [0.2, 0.25) is 0 Å². The van der Waals surface area contributed by atoms with Gasteiger partial charge in [-0.3, -0.25) is 9.20 Å². The van der Waals surface area contributed by atoms with Gasteiger partial charge in [-0.25, -0.2) is 18.4 Å². The first-order valence-corrected chi connectivity index (χ1v) is 15.5. The molecule has 4 aromatic rings. The number of sulfonamides is 1. The topological polar surface area (TPSA) is 118 Å². The number of hydrogen-bond acceptors (Lipinski definition) is 7. The number of ether oxygens (including phenoxy) is 1. The smallest absolute Gasteiger partial charge is 0.251 e. The number of anilines is 1. The minimum absolute atomic E-state index is 0.0595. The van der Waals surface area contributed by atoms with Gasteiger partial charge in [0.25, 0.3) is 5.91 Å². The second-order valence-electron chi connectivity index (χ2n) is 11.0. The fraction of sp³-hybridized carbons (Fsp3) is 0.367. The predicted molar refractivity (Wildman–Crippen MR) is 157 cm³/mol. The average Bonchev–Trinajstić information content (AvgIpc) is 3.71. The number of nitrogens with zero attached hydrogens (tertiary/aromatic N) is 4. The Kier molecular flexibility index (Phi) is 7.50. The Balaban J connectivity index is 1.39. The lowest BCUT2D eigenvalue weighted by Gasteiger charge is -2.26. The van der Waals surface area contributed by atoms with E-state index in [1.807, 2.05) is 40.9 Å². The summed E-state index contributed by atoms with van der Waals surface area (Å²) in [6.07, 6.45) is 5.75. The number of carbonyl (C=O) groups excluding carboxylic acids is 1. The van der Waals surface area contributed by atoms with E-state index in [0.717, 1.165) is 24.1 Å². The summed E-state index contributed by atoms with van der Waals surface area (Å²) in [6, 6.07) is 14.7. The third-order valence-electron chi connectivity index (χ3n) is 7.26. The molecule has 0 spiro atoms. The van der Waals surface area contributed by atoms with Crippen molar-refractivity contribution < 1.29 is 17.9 Å². The van der Waals surface area contributed by atoms with E-state index in [1.165, 1.54) is 4.31 Å². The summed E-state index contributed by atoms with van der Waals surface area (Å²) in [4.78, 5) is 22.3. The van der Waals surface area contributed by atoms with Crippen molar-refractivity contribution in [3.05, 3.63) is 66.5 Å². The van der Waals surface area contributed by atoms with Gasteiger partial charge in [0.15, 0.2) is 11.5 Å². The largest absolute Gasteiger partial charge is 0.379 e. The zero-order chi connectivity index (χ0) is 28.6. The minimum Gasteiger partial charge on any atom is -0.379 e. The zero-order valence-corrected chi connectivity index (χ0v) is 24.0. The third-order valence-corrected chi connectivity index (χ3v) is 9.16. The lowest BCUT2D eigenvalue weighted by molar-refractivity contribution is 0.0730. The number of aromatic nitrogens is 3. The highest BCUT2D eigenvalue weighted by Gasteiger charge is 2.27. The summed E-state index contributed by atoms with van der Waals surface area (Å²) < 4.78 is 35.5. The fourth-order valence-corrected chi connectivity index (χ4v) is 6.26. The summed E-state index contributed by atoms with van der Waals surface area (Å²) in [5.41, 5.74) is 4.31. The number of carbonyl (C=O) groups is 1. The highest BCUT2D eigenvalue weighted by molar-refractivity contribution is 7.89. The van der Waals surface area contributed by atoms with E-state index in [1.54, 1.807) is 24.4 Å². The van der Waals surface area contributed by atoms with E-state index < -0.39 is 10.0 Å². The molecular formula is C30H34N6O4S. The summed E-state index contributed by atoms with van der Waals surface area (Å²) >= 11 is 0. The van der Waals surface area contributed by atoms with E-state index in [2.05, 4.69) is 29.5 Å². The number of nitrogens with one attached hydrogen (secondary N) is 2. The molecule has 1 amide bonds. The first-order valence-electron chi connectivity index (χ1n) is 14.0. The summed E-state index contributed by atoms with van der Waals surface area (Å²) in [7, 11) is -3.66. The van der Waals surface area contributed by atoms with Gasteiger partial charge in [0, 0.05) is 48.6 Å². The summed E-state index contributed by atoms with van der Waals surface area (Å²) in [5.74, 6) is 0.936. The second kappa shape index (κ2) is 11.2. The SMILES string of the molecule is CC(C)CNc1nc(-c2cccc(S(=O)(=O)N3CCOCC3)c2)cn2c(-c3ccc(C(=O)NC4CC4)cc3)cnc12. The average molecular weight is 575 g/mol. The monoisotopic (exact) mass is 574 g/mol. The van der Waals surface area contributed by atoms with Crippen LogP contribution >= 0.6 is 0 Å². The van der Waals surface area contributed by atoms with Crippen molar-refractivity contribution in [2.75, 3.05) is 38.2 Å². The lowest BCUT2D eigenvalue weighted by Crippen LogP contribution is -2.40. The molecule has 2 N–H and O–H groups in total. The molecule has 0 radical (unpaired) electrons. The third kappa shape index (κ3) is 5.83. The number of morpholine rings is 1. The Morgan fingerprint density at radius 2 is 1.83 bits per heavy atom. The van der Waals surface area contributed by atoms with Crippen LogP contribution in [0.25, 0.3) is 28.2 Å². The van der Waals surface area contributed by atoms with E-state index in [-0.39, 0.29) is 10.8 Å². The Morgan fingerprint density at radius 1 is 1.07 bits per heavy atom. The molecule has 0 unspecified atom stereocenters. The molecule has 214 valence electrons. The number of hydrogen-bond donors (Lipinski definition) is 2. The van der Waals surface area contributed by atoms with Gasteiger partial charge < -0.3 is 15.4 Å². The van der Waals surface area contributed by atoms with E-state index in [0.29, 0.717) is 73.1 Å². The molecule has 1 saturated heterocycles. The van der Waals surface area contributed by atoms with Gasteiger partial charge in [-0.05, 0) is 43.0 Å². The fourth-order valence-electron chi connectivity index (χ4n) is 4.80. The Bertz CT molecular complexity index is 1670. The van der Waals surface area contributed by atoms with Crippen LogP contribution in [0.4, 0.5) is 5.82 Å². The lowest BCUT2D eigenvalue weighted by atomic mass is 10.1. The van der Waals surface area contributed by atoms with Gasteiger partial charge in [-0.1, -0.05) is 38.1 Å². The van der Waals surface area contributed by atoms with Crippen LogP contribution in [0, 0.1) is 5.92 Å². The molecule has 0 atom stereocenters. The molecule has 6 rings (SSSR count). The van der Waals surface area contributed by atoms with Crippen molar-refractivity contribution >= 4 is 27.4 Å². The maximum atomic E-state index is 13.4. The normalized spacial score (nSPS) is 16.3. The van der Waals surface area contributed by atoms with Gasteiger partial charge in [-0.15, -0.1) is 0 Å². The number of amides is 1. The zero-order valence-electron chi connectivity index (χ0n) is 23.2. The maximum Gasteiger partial charge on any atom is 0.251 e. The molecule has 2 aliphatic rings. The van der Waals surface area contributed by atoms with Crippen LogP contribution in [0.3, 0.4) is 0 Å². The maximum absolute atomic E-state index is 13.4. The Morgan fingerprint density at radius 3 is 2.54 bits per heavy atom. The molecular weight excluding hydrogens is 540 g/mol. The molecule has 2 aromatic heterocycles. The van der Waals surface area contributed by atoms with E-state index in [4.69, 9.17) is 9.72 Å². The number of fused-ring (bicyclic) bond motifs is 1. The van der Waals surface area contributed by atoms with E-state index in [9.17, 15) is 13.2 Å². The number of imidazole rings is 1. The minimum atomic E-state index is -3.66. The van der Waals surface area contributed by atoms with Crippen molar-refractivity contribution in [3.8, 4) is 22.5 Å². The van der Waals surface area contributed by atoms with Crippen LogP contribution in [-0.4, -0.2) is 71.9 Å². The predicted octanol–water partition coefficient (Wildman–Crippen LogP) is 4.04. The molecule has 0 bridgehead atoms. The van der Waals surface area contributed by atoms with Gasteiger partial charge in [-0.2, -0.15) is 4.31 Å². The van der Waals surface area contributed by atoms with Gasteiger partial charge in [0.1, 0.15) is 0 Å². The van der Waals surface area contributed by atoms with Crippen molar-refractivity contribution in [3.63, 3.8) is 0 Å². The quantitative estimate of drug-likeness (QED) is 0.310. The van der Waals surface area contributed by atoms with Gasteiger partial charge >= 0.3 is 0 Å². The van der Waals surface area contributed by atoms with Crippen LogP contribution < -0.4 is 10.6 Å². The first-order chi connectivity index (χ1) is 19.8. The molecule has 3 heterocycles. The van der Waals surface area contributed by atoms with Crippen molar-refractivity contribution in [2.45, 2.75) is 37.6 Å². The van der Waals surface area contributed by atoms with Gasteiger partial charge in [0.2, 0.25) is 10.0 Å². The molecule has 10 nitrogen and oxygen atoms in total. The molecule has 41 heavy (non-hydrogen) atoms. The second-order valence-corrected chi connectivity index (χ2v) is 12.9. The Hall–Kier alpha value is -3.80. The highest BCUT2D eigenvalue weighted by atomic mass is 32.2. The van der Waals surface area contributed by atoms with Crippen LogP contribution in [0.15, 0.2) is 65.8 Å². The van der Waals surface area contributed by atoms with Crippen LogP contribution in [0.1, 0.15) is 37.0 Å². The molecule has 1 saturated carbocycles. The first kappa shape index (κ1) is 27.4. The van der Waals surface area contributed by atoms with E-state index >= 15 is 0 Å². The standard InChI is InChI=1S/C30H34N6O4S/c1-20(2)17-31-28-29-32-18-27(21-6-8-22(9-7-21)30(37)33-24-10-11-24)36(29)19-26(34-28)23-4-3-5-25(16-23)41(38,39)35-12-14-40-15-13-35/h3-9,16,18-20,24H,10-15,17H2,1-2H3,(H,31,34)(H,33,37). The van der Waals surface area contributed by atoms with Crippen molar-refractivity contribution in [1.29, 1.82) is 0 Å². The van der Waals surface area contributed by atoms with Crippen LogP contribution in [0.5, 0.6) is 0 Å². The number of rotatable bonds is 9. The highest BCUT2D eigenvalue weighted by Crippen LogP contribution is 2.30. The van der Waals surface area contributed by atoms with Crippen molar-refractivity contribution in [1.82, 2.24) is 24.0 Å². The Labute approximate surface area is 239 Å².